The third-order valence-corrected chi connectivity index (χ3v) is 7.02. The molecule has 1 aliphatic heterocycles. The van der Waals surface area contributed by atoms with Gasteiger partial charge in [0.05, 0.1) is 20.1 Å². The highest BCUT2D eigenvalue weighted by Gasteiger charge is 2.50. The number of rotatable bonds is 5. The Balaban J connectivity index is 1.34. The second-order valence-corrected chi connectivity index (χ2v) is 9.33. The minimum atomic E-state index is -1.76. The zero-order valence-electron chi connectivity index (χ0n) is 18.4. The van der Waals surface area contributed by atoms with Gasteiger partial charge in [-0.2, -0.15) is 0 Å². The van der Waals surface area contributed by atoms with Gasteiger partial charge < -0.3 is 14.3 Å². The highest BCUT2D eigenvalue weighted by Crippen LogP contribution is 2.48. The summed E-state index contributed by atoms with van der Waals surface area (Å²) < 4.78 is 6.87. The zero-order valence-corrected chi connectivity index (χ0v) is 18.4. The molecule has 0 amide bonds. The van der Waals surface area contributed by atoms with Gasteiger partial charge >= 0.3 is 5.97 Å². The maximum Gasteiger partial charge on any atom is 0.348 e. The molecule has 3 aromatic rings. The fraction of sp³-hybridized carbons (Fsp3) is 0.333. The van der Waals surface area contributed by atoms with Gasteiger partial charge in [-0.05, 0) is 29.2 Å². The molecule has 1 unspecified atom stereocenters. The number of carbonyl (C=O) groups is 1. The summed E-state index contributed by atoms with van der Waals surface area (Å²) in [6.45, 7) is 2.78. The predicted molar refractivity (Wildman–Crippen MR) is 123 cm³/mol. The van der Waals surface area contributed by atoms with Crippen LogP contribution in [0.1, 0.15) is 29.5 Å². The number of aliphatic hydroxyl groups is 1. The number of nitrogens with zero attached hydrogens (tertiary/aromatic N) is 2. The van der Waals surface area contributed by atoms with E-state index in [0.29, 0.717) is 11.1 Å². The van der Waals surface area contributed by atoms with Gasteiger partial charge in [-0.15, -0.1) is 0 Å². The molecule has 5 heteroatoms. The summed E-state index contributed by atoms with van der Waals surface area (Å²) in [7, 11) is 2.23. The number of fused-ring (bicyclic) bond motifs is 3. The highest BCUT2D eigenvalue weighted by atomic mass is 16.6. The highest BCUT2D eigenvalue weighted by molar-refractivity contribution is 5.96. The van der Waals surface area contributed by atoms with E-state index in [4.69, 9.17) is 4.74 Å². The number of esters is 1. The van der Waals surface area contributed by atoms with Crippen LogP contribution in [0.2, 0.25) is 0 Å². The molecule has 1 aromatic heterocycles. The summed E-state index contributed by atoms with van der Waals surface area (Å²) in [6, 6.07) is 19.2. The normalized spacial score (nSPS) is 23.2. The number of quaternary nitrogens is 1. The first-order chi connectivity index (χ1) is 15.5. The molecule has 0 bridgehead atoms. The molecule has 0 radical (unpaired) electrons. The third kappa shape index (κ3) is 3.61. The largest absolute Gasteiger partial charge is 0.454 e. The zero-order chi connectivity index (χ0) is 22.2. The van der Waals surface area contributed by atoms with Crippen molar-refractivity contribution in [2.75, 3.05) is 26.7 Å². The van der Waals surface area contributed by atoms with E-state index in [1.54, 1.807) is 6.20 Å². The number of hydrogen-bond donors (Lipinski definition) is 1. The Hall–Kier alpha value is -3.02. The summed E-state index contributed by atoms with van der Waals surface area (Å²) >= 11 is 0. The minimum absolute atomic E-state index is 0.209. The van der Waals surface area contributed by atoms with E-state index in [1.165, 1.54) is 5.56 Å². The van der Waals surface area contributed by atoms with Crippen LogP contribution in [0.4, 0.5) is 0 Å². The maximum atomic E-state index is 13.5. The topological polar surface area (TPSA) is 59.4 Å². The molecule has 1 N–H and O–H groups in total. The first-order valence-corrected chi connectivity index (χ1v) is 11.3. The molecule has 164 valence electrons. The molecule has 5 nitrogen and oxygen atoms in total. The Morgan fingerprint density at radius 3 is 2.44 bits per heavy atom. The molecule has 1 fully saturated rings. The summed E-state index contributed by atoms with van der Waals surface area (Å²) in [5, 5.41) is 11.7. The lowest BCUT2D eigenvalue weighted by Crippen LogP contribution is -2.55. The third-order valence-electron chi connectivity index (χ3n) is 7.02. The Morgan fingerprint density at radius 2 is 1.78 bits per heavy atom. The summed E-state index contributed by atoms with van der Waals surface area (Å²) in [4.78, 5) is 17.7. The maximum absolute atomic E-state index is 13.5. The fourth-order valence-corrected chi connectivity index (χ4v) is 5.29. The number of benzene rings is 2. The summed E-state index contributed by atoms with van der Waals surface area (Å²) in [5.74, 6) is -0.569. The van der Waals surface area contributed by atoms with Crippen molar-refractivity contribution in [3.05, 3.63) is 89.7 Å². The number of aromatic nitrogens is 1. The number of hydrogen-bond acceptors (Lipinski definition) is 4. The molecule has 2 heterocycles. The van der Waals surface area contributed by atoms with Crippen LogP contribution >= 0.6 is 0 Å². The van der Waals surface area contributed by atoms with Crippen LogP contribution in [-0.4, -0.2) is 53.3 Å². The molecule has 0 saturated carbocycles. The van der Waals surface area contributed by atoms with E-state index in [9.17, 15) is 9.90 Å². The van der Waals surface area contributed by atoms with Gasteiger partial charge in [-0.3, -0.25) is 4.98 Å². The number of carbonyl (C=O) groups excluding carboxylic acids is 1. The van der Waals surface area contributed by atoms with E-state index >= 15 is 0 Å². The first-order valence-electron chi connectivity index (χ1n) is 11.3. The Morgan fingerprint density at radius 1 is 1.09 bits per heavy atom. The van der Waals surface area contributed by atoms with Gasteiger partial charge in [0, 0.05) is 36.4 Å². The van der Waals surface area contributed by atoms with Crippen LogP contribution in [0, 0.1) is 0 Å². The van der Waals surface area contributed by atoms with Crippen molar-refractivity contribution in [3.63, 3.8) is 0 Å². The van der Waals surface area contributed by atoms with Crippen LogP contribution in [-0.2, 0) is 21.6 Å². The second kappa shape index (κ2) is 8.15. The van der Waals surface area contributed by atoms with Gasteiger partial charge in [0.2, 0.25) is 5.60 Å². The van der Waals surface area contributed by atoms with Gasteiger partial charge in [0.15, 0.2) is 6.10 Å². The van der Waals surface area contributed by atoms with E-state index in [2.05, 4.69) is 18.1 Å². The lowest BCUT2D eigenvalue weighted by molar-refractivity contribution is -0.916. The summed E-state index contributed by atoms with van der Waals surface area (Å²) in [6.07, 6.45) is 6.26. The molecule has 32 heavy (non-hydrogen) atoms. The van der Waals surface area contributed by atoms with Gasteiger partial charge in [-0.25, -0.2) is 4.79 Å². The van der Waals surface area contributed by atoms with Crippen molar-refractivity contribution in [1.82, 2.24) is 4.98 Å². The monoisotopic (exact) mass is 429 g/mol. The van der Waals surface area contributed by atoms with Crippen LogP contribution in [0.25, 0.3) is 11.1 Å². The Bertz CT molecular complexity index is 1090. The quantitative estimate of drug-likeness (QED) is 0.496. The molecule has 1 saturated heterocycles. The lowest BCUT2D eigenvalue weighted by Gasteiger charge is -2.41. The standard InChI is InChI=1S/C27H29N2O3/c1-29(17-14-20-8-6-15-28-18-20)16-7-9-21(19-29)32-26(30)27(31)24-12-4-2-10-22(24)23-11-3-5-13-25(23)27/h2-6,8,10-13,15,18,21,31H,7,9,14,16-17,19H2,1H3/q+1/t21-,29?/m1/s1. The first kappa shape index (κ1) is 20.9. The molecule has 2 aliphatic rings. The van der Waals surface area contributed by atoms with E-state index in [-0.39, 0.29) is 6.10 Å². The lowest BCUT2D eigenvalue weighted by atomic mass is 9.91. The smallest absolute Gasteiger partial charge is 0.348 e. The minimum Gasteiger partial charge on any atom is -0.454 e. The molecular formula is C27H29N2O3+. The van der Waals surface area contributed by atoms with Gasteiger partial charge in [0.1, 0.15) is 6.54 Å². The van der Waals surface area contributed by atoms with Crippen LogP contribution in [0.3, 0.4) is 0 Å². The number of likely N-dealkylation sites (tertiary alicyclic amines) is 1. The molecule has 2 atom stereocenters. The molecular weight excluding hydrogens is 400 g/mol. The van der Waals surface area contributed by atoms with Crippen molar-refractivity contribution in [3.8, 4) is 11.1 Å². The van der Waals surface area contributed by atoms with Crippen molar-refractivity contribution >= 4 is 5.97 Å². The average molecular weight is 430 g/mol. The Labute approximate surface area is 188 Å². The van der Waals surface area contributed by atoms with Crippen LogP contribution in [0.5, 0.6) is 0 Å². The van der Waals surface area contributed by atoms with Crippen molar-refractivity contribution in [2.24, 2.45) is 0 Å². The number of pyridine rings is 1. The molecule has 2 aromatic carbocycles. The van der Waals surface area contributed by atoms with Crippen molar-refractivity contribution < 1.29 is 19.1 Å². The molecule has 5 rings (SSSR count). The SMILES string of the molecule is C[N+]1(CCc2cccnc2)CCC[C@@H](OC(=O)C2(O)c3ccccc3-c3ccccc32)C1. The Kier molecular flexibility index (Phi) is 5.31. The van der Waals surface area contributed by atoms with Crippen molar-refractivity contribution in [2.45, 2.75) is 31.0 Å². The molecule has 1 aliphatic carbocycles. The predicted octanol–water partition coefficient (Wildman–Crippen LogP) is 3.69. The summed E-state index contributed by atoms with van der Waals surface area (Å²) in [5.41, 5.74) is 2.46. The fourth-order valence-electron chi connectivity index (χ4n) is 5.29. The second-order valence-electron chi connectivity index (χ2n) is 9.33. The van der Waals surface area contributed by atoms with E-state index in [1.807, 2.05) is 60.8 Å². The number of piperidine rings is 1. The van der Waals surface area contributed by atoms with Gasteiger partial charge in [-0.1, -0.05) is 54.6 Å². The molecule has 0 spiro atoms. The van der Waals surface area contributed by atoms with Crippen LogP contribution < -0.4 is 0 Å². The van der Waals surface area contributed by atoms with E-state index < -0.39 is 11.6 Å². The average Bonchev–Trinajstić information content (AvgIpc) is 3.09. The van der Waals surface area contributed by atoms with Crippen molar-refractivity contribution in [1.29, 1.82) is 0 Å². The number of likely N-dealkylation sites (N-methyl/N-ethyl adjacent to an activating group) is 1. The van der Waals surface area contributed by atoms with Gasteiger partial charge in [0.25, 0.3) is 0 Å². The van der Waals surface area contributed by atoms with E-state index in [0.717, 1.165) is 54.5 Å². The van der Waals surface area contributed by atoms with Crippen LogP contribution in [0.15, 0.2) is 73.1 Å². The number of ether oxygens (including phenoxy) is 1.